The Morgan fingerprint density at radius 1 is 1.08 bits per heavy atom. The van der Waals surface area contributed by atoms with Crippen LogP contribution in [-0.4, -0.2) is 29.4 Å². The van der Waals surface area contributed by atoms with Gasteiger partial charge in [0.2, 0.25) is 11.6 Å². The summed E-state index contributed by atoms with van der Waals surface area (Å²) in [5.74, 6) is 0.654. The van der Waals surface area contributed by atoms with Gasteiger partial charge in [-0.25, -0.2) is 19.9 Å². The fraction of sp³-hybridized carbons (Fsp3) is 0.0588. The molecule has 0 unspecified atom stereocenters. The third kappa shape index (κ3) is 2.71. The number of nitrogens with zero attached hydrogens (tertiary/aromatic N) is 6. The Labute approximate surface area is 147 Å². The summed E-state index contributed by atoms with van der Waals surface area (Å²) in [4.78, 5) is 27.9. The summed E-state index contributed by atoms with van der Waals surface area (Å²) < 4.78 is 1.57. The van der Waals surface area contributed by atoms with Crippen LogP contribution in [0.25, 0.3) is 16.9 Å². The molecule has 0 saturated heterocycles. The number of anilines is 2. The molecule has 0 aliphatic heterocycles. The standard InChI is InChI=1S/C17H13N7O2/c1-11-6-7-14(18-8-11)22-16-15(24(25)26)17(20-9-19-16)23-10-21-12-4-2-3-5-13(12)23/h2-10H,1H3,(H,18,19,20,22). The Balaban J connectivity index is 1.86. The number of imidazole rings is 1. The van der Waals surface area contributed by atoms with E-state index in [0.29, 0.717) is 11.3 Å². The van der Waals surface area contributed by atoms with Crippen LogP contribution >= 0.6 is 0 Å². The number of aryl methyl sites for hydroxylation is 1. The lowest BCUT2D eigenvalue weighted by atomic mass is 10.3. The molecule has 0 amide bonds. The number of nitrogens with one attached hydrogen (secondary N) is 1. The molecule has 0 bridgehead atoms. The zero-order valence-electron chi connectivity index (χ0n) is 13.7. The summed E-state index contributed by atoms with van der Waals surface area (Å²) in [6.07, 6.45) is 4.45. The average molecular weight is 347 g/mol. The van der Waals surface area contributed by atoms with Crippen molar-refractivity contribution in [2.24, 2.45) is 0 Å². The first kappa shape index (κ1) is 15.6. The van der Waals surface area contributed by atoms with Crippen molar-refractivity contribution in [3.63, 3.8) is 0 Å². The van der Waals surface area contributed by atoms with E-state index >= 15 is 0 Å². The molecule has 9 nitrogen and oxygen atoms in total. The van der Waals surface area contributed by atoms with Crippen molar-refractivity contribution < 1.29 is 4.92 Å². The molecule has 0 atom stereocenters. The SMILES string of the molecule is Cc1ccc(Nc2ncnc(-n3cnc4ccccc43)c2[N+](=O)[O-])nc1. The van der Waals surface area contributed by atoms with Gasteiger partial charge in [0, 0.05) is 6.20 Å². The Kier molecular flexibility index (Phi) is 3.73. The molecule has 0 aliphatic rings. The van der Waals surface area contributed by atoms with E-state index < -0.39 is 4.92 Å². The number of hydrogen-bond donors (Lipinski definition) is 1. The molecule has 9 heteroatoms. The van der Waals surface area contributed by atoms with Gasteiger partial charge in [-0.2, -0.15) is 0 Å². The van der Waals surface area contributed by atoms with Crippen LogP contribution in [0.15, 0.2) is 55.2 Å². The molecule has 26 heavy (non-hydrogen) atoms. The van der Waals surface area contributed by atoms with Crippen LogP contribution in [0.4, 0.5) is 17.3 Å². The molecule has 0 spiro atoms. The van der Waals surface area contributed by atoms with Gasteiger partial charge in [0.05, 0.1) is 16.0 Å². The highest BCUT2D eigenvalue weighted by Gasteiger charge is 2.25. The van der Waals surface area contributed by atoms with Crippen molar-refractivity contribution in [1.29, 1.82) is 0 Å². The Hall–Kier alpha value is -3.88. The number of para-hydroxylation sites is 2. The van der Waals surface area contributed by atoms with E-state index in [1.807, 2.05) is 37.3 Å². The Bertz CT molecular complexity index is 1110. The zero-order valence-corrected chi connectivity index (χ0v) is 13.7. The maximum atomic E-state index is 11.7. The fourth-order valence-electron chi connectivity index (χ4n) is 2.60. The van der Waals surface area contributed by atoms with Gasteiger partial charge in [0.25, 0.3) is 0 Å². The van der Waals surface area contributed by atoms with Crippen molar-refractivity contribution in [2.45, 2.75) is 6.92 Å². The monoisotopic (exact) mass is 347 g/mol. The first-order valence-electron chi connectivity index (χ1n) is 7.75. The average Bonchev–Trinajstić information content (AvgIpc) is 3.07. The minimum absolute atomic E-state index is 0.0640. The van der Waals surface area contributed by atoms with E-state index in [0.717, 1.165) is 11.1 Å². The summed E-state index contributed by atoms with van der Waals surface area (Å²) in [6, 6.07) is 10.9. The molecule has 4 aromatic rings. The van der Waals surface area contributed by atoms with Crippen LogP contribution in [0, 0.1) is 17.0 Å². The molecule has 3 aromatic heterocycles. The predicted octanol–water partition coefficient (Wildman–Crippen LogP) is 3.17. The van der Waals surface area contributed by atoms with Crippen molar-refractivity contribution in [3.8, 4) is 5.82 Å². The Morgan fingerprint density at radius 2 is 1.92 bits per heavy atom. The normalized spacial score (nSPS) is 10.8. The lowest BCUT2D eigenvalue weighted by Crippen LogP contribution is -2.07. The van der Waals surface area contributed by atoms with Gasteiger partial charge in [0.1, 0.15) is 18.5 Å². The summed E-state index contributed by atoms with van der Waals surface area (Å²) in [5, 5.41) is 14.6. The smallest absolute Gasteiger partial charge is 0.319 e. The summed E-state index contributed by atoms with van der Waals surface area (Å²) >= 11 is 0. The van der Waals surface area contributed by atoms with Crippen molar-refractivity contribution in [3.05, 3.63) is 70.9 Å². The van der Waals surface area contributed by atoms with Gasteiger partial charge < -0.3 is 5.32 Å². The molecule has 0 saturated carbocycles. The maximum Gasteiger partial charge on any atom is 0.354 e. The molecular weight excluding hydrogens is 334 g/mol. The van der Waals surface area contributed by atoms with Crippen LogP contribution in [0.1, 0.15) is 5.56 Å². The summed E-state index contributed by atoms with van der Waals surface area (Å²) in [7, 11) is 0. The largest absolute Gasteiger partial charge is 0.354 e. The molecule has 0 aliphatic carbocycles. The molecule has 128 valence electrons. The molecule has 1 N–H and O–H groups in total. The second kappa shape index (κ2) is 6.20. The van der Waals surface area contributed by atoms with Gasteiger partial charge >= 0.3 is 5.69 Å². The fourth-order valence-corrected chi connectivity index (χ4v) is 2.60. The summed E-state index contributed by atoms with van der Waals surface area (Å²) in [5.41, 5.74) is 2.17. The third-order valence-electron chi connectivity index (χ3n) is 3.83. The number of benzene rings is 1. The minimum atomic E-state index is -0.513. The van der Waals surface area contributed by atoms with Crippen LogP contribution in [0.5, 0.6) is 0 Å². The van der Waals surface area contributed by atoms with Crippen molar-refractivity contribution in [1.82, 2.24) is 24.5 Å². The predicted molar refractivity (Wildman–Crippen MR) is 95.6 cm³/mol. The van der Waals surface area contributed by atoms with Gasteiger partial charge in [-0.15, -0.1) is 0 Å². The maximum absolute atomic E-state index is 11.7. The third-order valence-corrected chi connectivity index (χ3v) is 3.83. The highest BCUT2D eigenvalue weighted by molar-refractivity contribution is 5.79. The quantitative estimate of drug-likeness (QED) is 0.446. The molecule has 0 radical (unpaired) electrons. The Morgan fingerprint density at radius 3 is 2.69 bits per heavy atom. The first-order valence-corrected chi connectivity index (χ1v) is 7.75. The van der Waals surface area contributed by atoms with Crippen LogP contribution in [0.2, 0.25) is 0 Å². The van der Waals surface area contributed by atoms with Crippen LogP contribution in [-0.2, 0) is 0 Å². The molecule has 0 fully saturated rings. The topological polar surface area (TPSA) is 112 Å². The van der Waals surface area contributed by atoms with E-state index in [2.05, 4.69) is 25.3 Å². The second-order valence-electron chi connectivity index (χ2n) is 5.60. The molecule has 1 aromatic carbocycles. The number of aromatic nitrogens is 5. The summed E-state index contributed by atoms with van der Waals surface area (Å²) in [6.45, 7) is 1.91. The van der Waals surface area contributed by atoms with E-state index in [4.69, 9.17) is 0 Å². The first-order chi connectivity index (χ1) is 12.6. The lowest BCUT2D eigenvalue weighted by Gasteiger charge is -2.09. The lowest BCUT2D eigenvalue weighted by molar-refractivity contribution is -0.384. The van der Waals surface area contributed by atoms with E-state index in [-0.39, 0.29) is 17.3 Å². The number of pyridine rings is 1. The number of hydrogen-bond acceptors (Lipinski definition) is 7. The van der Waals surface area contributed by atoms with E-state index in [1.54, 1.807) is 16.8 Å². The van der Waals surface area contributed by atoms with Crippen LogP contribution < -0.4 is 5.32 Å². The minimum Gasteiger partial charge on any atom is -0.319 e. The molecule has 3 heterocycles. The zero-order chi connectivity index (χ0) is 18.1. The van der Waals surface area contributed by atoms with E-state index in [9.17, 15) is 10.1 Å². The molecular formula is C17H13N7O2. The van der Waals surface area contributed by atoms with E-state index in [1.165, 1.54) is 12.7 Å². The van der Waals surface area contributed by atoms with Crippen LogP contribution in [0.3, 0.4) is 0 Å². The van der Waals surface area contributed by atoms with Gasteiger partial charge in [-0.05, 0) is 30.7 Å². The van der Waals surface area contributed by atoms with Gasteiger partial charge in [0.15, 0.2) is 0 Å². The van der Waals surface area contributed by atoms with Gasteiger partial charge in [-0.1, -0.05) is 18.2 Å². The number of fused-ring (bicyclic) bond motifs is 1. The highest BCUT2D eigenvalue weighted by Crippen LogP contribution is 2.31. The van der Waals surface area contributed by atoms with Crippen molar-refractivity contribution in [2.75, 3.05) is 5.32 Å². The van der Waals surface area contributed by atoms with Crippen molar-refractivity contribution >= 4 is 28.4 Å². The number of nitro groups is 1. The van der Waals surface area contributed by atoms with Gasteiger partial charge in [-0.3, -0.25) is 14.7 Å². The molecule has 4 rings (SSSR count). The number of rotatable bonds is 4. The highest BCUT2D eigenvalue weighted by atomic mass is 16.6. The second-order valence-corrected chi connectivity index (χ2v) is 5.60.